The molecule has 0 bridgehead atoms. The molecular weight excluding hydrogens is 296 g/mol. The van der Waals surface area contributed by atoms with Crippen molar-refractivity contribution >= 4 is 22.8 Å². The molecule has 0 heterocycles. The van der Waals surface area contributed by atoms with Gasteiger partial charge in [-0.3, -0.25) is 9.59 Å². The van der Waals surface area contributed by atoms with Gasteiger partial charge in [0.2, 0.25) is 0 Å². The monoisotopic (exact) mass is 310 g/mol. The standard InChI is InChI=1S/C17H14N2O2S/c1-19(2)17(21)22-15-9-8-12(11-18)10-14(15)16(20)13-6-4-3-5-7-13/h3-10H,1-2H3. The minimum Gasteiger partial charge on any atom is -0.339 e. The molecule has 1 amide bonds. The molecule has 5 heteroatoms. The molecular formula is C17H14N2O2S. The van der Waals surface area contributed by atoms with Crippen LogP contribution in [-0.4, -0.2) is 30.0 Å². The van der Waals surface area contributed by atoms with E-state index in [0.717, 1.165) is 11.8 Å². The van der Waals surface area contributed by atoms with Crippen LogP contribution in [0.3, 0.4) is 0 Å². The highest BCUT2D eigenvalue weighted by Crippen LogP contribution is 2.27. The smallest absolute Gasteiger partial charge is 0.285 e. The first-order valence-corrected chi connectivity index (χ1v) is 7.37. The summed E-state index contributed by atoms with van der Waals surface area (Å²) < 4.78 is 0. The minimum atomic E-state index is -0.202. The van der Waals surface area contributed by atoms with E-state index in [1.807, 2.05) is 12.1 Å². The lowest BCUT2D eigenvalue weighted by molar-refractivity contribution is 0.103. The lowest BCUT2D eigenvalue weighted by atomic mass is 10.0. The van der Waals surface area contributed by atoms with Crippen molar-refractivity contribution in [2.75, 3.05) is 14.1 Å². The Balaban J connectivity index is 2.46. The molecule has 0 spiro atoms. The molecule has 2 rings (SSSR count). The number of nitriles is 1. The van der Waals surface area contributed by atoms with E-state index in [-0.39, 0.29) is 11.0 Å². The molecule has 0 radical (unpaired) electrons. The van der Waals surface area contributed by atoms with Crippen molar-refractivity contribution < 1.29 is 9.59 Å². The van der Waals surface area contributed by atoms with Crippen LogP contribution in [0.4, 0.5) is 4.79 Å². The maximum absolute atomic E-state index is 12.6. The molecule has 0 unspecified atom stereocenters. The van der Waals surface area contributed by atoms with Crippen LogP contribution < -0.4 is 0 Å². The molecule has 22 heavy (non-hydrogen) atoms. The van der Waals surface area contributed by atoms with Gasteiger partial charge in [0.15, 0.2) is 5.78 Å². The van der Waals surface area contributed by atoms with Gasteiger partial charge in [-0.25, -0.2) is 0 Å². The molecule has 0 saturated heterocycles. The van der Waals surface area contributed by atoms with Crippen LogP contribution in [0.2, 0.25) is 0 Å². The average Bonchev–Trinajstić information content (AvgIpc) is 2.55. The van der Waals surface area contributed by atoms with E-state index in [9.17, 15) is 9.59 Å². The number of rotatable bonds is 3. The number of hydrogen-bond donors (Lipinski definition) is 0. The summed E-state index contributed by atoms with van der Waals surface area (Å²) in [5.41, 5.74) is 1.28. The SMILES string of the molecule is CN(C)C(=O)Sc1ccc(C#N)cc1C(=O)c1ccccc1. The second kappa shape index (κ2) is 6.92. The Morgan fingerprint density at radius 2 is 1.77 bits per heavy atom. The largest absolute Gasteiger partial charge is 0.339 e. The Labute approximate surface area is 133 Å². The van der Waals surface area contributed by atoms with Crippen molar-refractivity contribution in [3.8, 4) is 6.07 Å². The summed E-state index contributed by atoms with van der Waals surface area (Å²) >= 11 is 0.977. The normalized spacial score (nSPS) is 9.86. The van der Waals surface area contributed by atoms with Crippen LogP contribution >= 0.6 is 11.8 Å². The number of thioether (sulfide) groups is 1. The molecule has 0 saturated carbocycles. The van der Waals surface area contributed by atoms with Gasteiger partial charge in [-0.05, 0) is 30.0 Å². The van der Waals surface area contributed by atoms with Crippen LogP contribution in [0, 0.1) is 11.3 Å². The number of carbonyl (C=O) groups excluding carboxylic acids is 2. The van der Waals surface area contributed by atoms with Crippen molar-refractivity contribution in [2.45, 2.75) is 4.90 Å². The van der Waals surface area contributed by atoms with Crippen molar-refractivity contribution in [3.05, 3.63) is 65.2 Å². The Bertz CT molecular complexity index is 749. The summed E-state index contributed by atoms with van der Waals surface area (Å²) in [4.78, 5) is 26.5. The van der Waals surface area contributed by atoms with E-state index in [1.54, 1.807) is 50.5 Å². The van der Waals surface area contributed by atoms with Crippen molar-refractivity contribution in [1.82, 2.24) is 4.90 Å². The average molecular weight is 310 g/mol. The van der Waals surface area contributed by atoms with Gasteiger partial charge in [0.1, 0.15) is 0 Å². The van der Waals surface area contributed by atoms with Crippen LogP contribution in [0.15, 0.2) is 53.4 Å². The summed E-state index contributed by atoms with van der Waals surface area (Å²) in [6.45, 7) is 0. The van der Waals surface area contributed by atoms with Gasteiger partial charge >= 0.3 is 0 Å². The highest BCUT2D eigenvalue weighted by atomic mass is 32.2. The number of carbonyl (C=O) groups is 2. The first-order chi connectivity index (χ1) is 10.5. The van der Waals surface area contributed by atoms with Crippen LogP contribution in [0.5, 0.6) is 0 Å². The van der Waals surface area contributed by atoms with E-state index in [4.69, 9.17) is 5.26 Å². The Morgan fingerprint density at radius 1 is 1.09 bits per heavy atom. The van der Waals surface area contributed by atoms with Crippen LogP contribution in [0.1, 0.15) is 21.5 Å². The van der Waals surface area contributed by atoms with E-state index in [0.29, 0.717) is 21.6 Å². The summed E-state index contributed by atoms with van der Waals surface area (Å²) in [7, 11) is 3.30. The van der Waals surface area contributed by atoms with E-state index < -0.39 is 0 Å². The molecule has 2 aromatic carbocycles. The van der Waals surface area contributed by atoms with Crippen molar-refractivity contribution in [1.29, 1.82) is 5.26 Å². The summed E-state index contributed by atoms with van der Waals surface area (Å²) in [5.74, 6) is -0.202. The zero-order valence-corrected chi connectivity index (χ0v) is 13.1. The number of hydrogen-bond acceptors (Lipinski definition) is 4. The third-order valence-corrected chi connectivity index (χ3v) is 4.07. The molecule has 4 nitrogen and oxygen atoms in total. The highest BCUT2D eigenvalue weighted by Gasteiger charge is 2.18. The Kier molecular flexibility index (Phi) is 4.97. The van der Waals surface area contributed by atoms with Crippen molar-refractivity contribution in [2.24, 2.45) is 0 Å². The Morgan fingerprint density at radius 3 is 2.36 bits per heavy atom. The van der Waals surface area contributed by atoms with Gasteiger partial charge in [-0.1, -0.05) is 30.3 Å². The van der Waals surface area contributed by atoms with Gasteiger partial charge in [0.25, 0.3) is 5.24 Å². The topological polar surface area (TPSA) is 61.2 Å². The van der Waals surface area contributed by atoms with Gasteiger partial charge in [0, 0.05) is 30.1 Å². The fourth-order valence-corrected chi connectivity index (χ4v) is 2.56. The van der Waals surface area contributed by atoms with Gasteiger partial charge in [-0.2, -0.15) is 5.26 Å². The second-order valence-corrected chi connectivity index (χ2v) is 5.77. The van der Waals surface area contributed by atoms with Gasteiger partial charge in [0.05, 0.1) is 11.6 Å². The first kappa shape index (κ1) is 15.8. The molecule has 0 aliphatic carbocycles. The summed E-state index contributed by atoms with van der Waals surface area (Å²) in [6.07, 6.45) is 0. The molecule has 0 fully saturated rings. The van der Waals surface area contributed by atoms with Crippen molar-refractivity contribution in [3.63, 3.8) is 0 Å². The Hall–Kier alpha value is -2.58. The van der Waals surface area contributed by atoms with Gasteiger partial charge < -0.3 is 4.90 Å². The third-order valence-electron chi connectivity index (χ3n) is 2.95. The lowest BCUT2D eigenvalue weighted by Crippen LogP contribution is -2.16. The van der Waals surface area contributed by atoms with Crippen LogP contribution in [0.25, 0.3) is 0 Å². The highest BCUT2D eigenvalue weighted by molar-refractivity contribution is 8.13. The van der Waals surface area contributed by atoms with E-state index >= 15 is 0 Å². The first-order valence-electron chi connectivity index (χ1n) is 6.56. The molecule has 2 aromatic rings. The molecule has 0 aromatic heterocycles. The molecule has 0 atom stereocenters. The zero-order chi connectivity index (χ0) is 16.1. The van der Waals surface area contributed by atoms with Crippen LogP contribution in [-0.2, 0) is 0 Å². The number of benzene rings is 2. The molecule has 0 aliphatic heterocycles. The molecule has 0 N–H and O–H groups in total. The molecule has 110 valence electrons. The maximum atomic E-state index is 12.6. The third kappa shape index (κ3) is 3.54. The lowest BCUT2D eigenvalue weighted by Gasteiger charge is -2.12. The second-order valence-electron chi connectivity index (χ2n) is 4.78. The van der Waals surface area contributed by atoms with Gasteiger partial charge in [-0.15, -0.1) is 0 Å². The predicted octanol–water partition coefficient (Wildman–Crippen LogP) is 3.56. The summed E-state index contributed by atoms with van der Waals surface area (Å²) in [5, 5.41) is 8.86. The summed E-state index contributed by atoms with van der Waals surface area (Å²) in [6, 6.07) is 15.6. The number of amides is 1. The maximum Gasteiger partial charge on any atom is 0.285 e. The quantitative estimate of drug-likeness (QED) is 0.642. The molecule has 0 aliphatic rings. The number of ketones is 1. The fraction of sp³-hybridized carbons (Fsp3) is 0.118. The zero-order valence-electron chi connectivity index (χ0n) is 12.2. The fourth-order valence-electron chi connectivity index (χ4n) is 1.80. The van der Waals surface area contributed by atoms with E-state index in [2.05, 4.69) is 0 Å². The van der Waals surface area contributed by atoms with E-state index in [1.165, 1.54) is 11.0 Å². The number of nitrogens with zero attached hydrogens (tertiary/aromatic N) is 2. The predicted molar refractivity (Wildman–Crippen MR) is 86.0 cm³/mol. The minimum absolute atomic E-state index is 0.174.